The molecule has 1 amide bonds. The first-order chi connectivity index (χ1) is 9.38. The summed E-state index contributed by atoms with van der Waals surface area (Å²) in [7, 11) is 0. The number of benzene rings is 1. The SMILES string of the molecule is Nc1ncc(F)cc1C(=O)Nc1cc(Cl)c(F)c(Cl)c1. The van der Waals surface area contributed by atoms with E-state index in [-0.39, 0.29) is 27.1 Å². The molecule has 104 valence electrons. The number of nitrogen functional groups attached to an aromatic ring is 1. The lowest BCUT2D eigenvalue weighted by Gasteiger charge is -2.08. The maximum Gasteiger partial charge on any atom is 0.259 e. The zero-order chi connectivity index (χ0) is 14.9. The lowest BCUT2D eigenvalue weighted by molar-refractivity contribution is 0.102. The van der Waals surface area contributed by atoms with Gasteiger partial charge in [0.1, 0.15) is 11.6 Å². The van der Waals surface area contributed by atoms with E-state index in [2.05, 4.69) is 10.3 Å². The van der Waals surface area contributed by atoms with Gasteiger partial charge in [-0.3, -0.25) is 4.79 Å². The number of nitrogens with zero attached hydrogens (tertiary/aromatic N) is 1. The van der Waals surface area contributed by atoms with Crippen molar-refractivity contribution in [2.45, 2.75) is 0 Å². The van der Waals surface area contributed by atoms with E-state index in [1.807, 2.05) is 0 Å². The summed E-state index contributed by atoms with van der Waals surface area (Å²) in [6.45, 7) is 0. The summed E-state index contributed by atoms with van der Waals surface area (Å²) in [5, 5.41) is 1.87. The second-order valence-electron chi connectivity index (χ2n) is 3.79. The normalized spacial score (nSPS) is 10.4. The molecular weight excluding hydrogens is 311 g/mol. The number of rotatable bonds is 2. The highest BCUT2D eigenvalue weighted by Crippen LogP contribution is 2.27. The van der Waals surface area contributed by atoms with Crippen LogP contribution in [-0.4, -0.2) is 10.9 Å². The Morgan fingerprint density at radius 3 is 2.40 bits per heavy atom. The molecule has 0 fully saturated rings. The highest BCUT2D eigenvalue weighted by atomic mass is 35.5. The van der Waals surface area contributed by atoms with Crippen LogP contribution in [0.25, 0.3) is 0 Å². The van der Waals surface area contributed by atoms with Crippen molar-refractivity contribution in [2.75, 3.05) is 11.1 Å². The molecule has 0 aliphatic carbocycles. The van der Waals surface area contributed by atoms with E-state index in [9.17, 15) is 13.6 Å². The van der Waals surface area contributed by atoms with Crippen molar-refractivity contribution in [3.63, 3.8) is 0 Å². The smallest absolute Gasteiger partial charge is 0.259 e. The molecule has 4 nitrogen and oxygen atoms in total. The van der Waals surface area contributed by atoms with Crippen LogP contribution in [0.3, 0.4) is 0 Å². The van der Waals surface area contributed by atoms with Gasteiger partial charge in [0.15, 0.2) is 5.82 Å². The highest BCUT2D eigenvalue weighted by molar-refractivity contribution is 6.35. The number of pyridine rings is 1. The molecule has 0 atom stereocenters. The zero-order valence-corrected chi connectivity index (χ0v) is 11.3. The molecule has 0 unspecified atom stereocenters. The van der Waals surface area contributed by atoms with Gasteiger partial charge < -0.3 is 11.1 Å². The van der Waals surface area contributed by atoms with E-state index in [1.165, 1.54) is 12.1 Å². The van der Waals surface area contributed by atoms with Crippen molar-refractivity contribution < 1.29 is 13.6 Å². The minimum Gasteiger partial charge on any atom is -0.383 e. The molecule has 2 rings (SSSR count). The van der Waals surface area contributed by atoms with E-state index in [0.717, 1.165) is 12.3 Å². The summed E-state index contributed by atoms with van der Waals surface area (Å²) in [5.74, 6) is -2.35. The fourth-order valence-corrected chi connectivity index (χ4v) is 1.94. The van der Waals surface area contributed by atoms with Crippen LogP contribution < -0.4 is 11.1 Å². The van der Waals surface area contributed by atoms with Gasteiger partial charge in [-0.2, -0.15) is 0 Å². The van der Waals surface area contributed by atoms with Gasteiger partial charge in [0.25, 0.3) is 5.91 Å². The van der Waals surface area contributed by atoms with Gasteiger partial charge in [0, 0.05) is 5.69 Å². The number of aromatic nitrogens is 1. The first-order valence-corrected chi connectivity index (χ1v) is 6.01. The standard InChI is InChI=1S/C12H7Cl2F2N3O/c13-8-2-6(3-9(14)10(8)16)19-12(20)7-1-5(15)4-18-11(7)17/h1-4H,(H2,17,18)(H,19,20). The van der Waals surface area contributed by atoms with Crippen LogP contribution in [0.2, 0.25) is 10.0 Å². The molecule has 0 bridgehead atoms. The van der Waals surface area contributed by atoms with Gasteiger partial charge in [-0.25, -0.2) is 13.8 Å². The molecule has 1 heterocycles. The summed E-state index contributed by atoms with van der Waals surface area (Å²) < 4.78 is 26.3. The van der Waals surface area contributed by atoms with Crippen molar-refractivity contribution in [3.8, 4) is 0 Å². The topological polar surface area (TPSA) is 68.0 Å². The lowest BCUT2D eigenvalue weighted by atomic mass is 10.2. The zero-order valence-electron chi connectivity index (χ0n) is 9.75. The van der Waals surface area contributed by atoms with Crippen molar-refractivity contribution >= 4 is 40.6 Å². The second kappa shape index (κ2) is 5.60. The van der Waals surface area contributed by atoms with Crippen LogP contribution in [0.15, 0.2) is 24.4 Å². The van der Waals surface area contributed by atoms with Crippen molar-refractivity contribution in [1.29, 1.82) is 0 Å². The second-order valence-corrected chi connectivity index (χ2v) is 4.61. The fourth-order valence-electron chi connectivity index (χ4n) is 1.46. The van der Waals surface area contributed by atoms with Gasteiger partial charge in [0.2, 0.25) is 0 Å². The summed E-state index contributed by atoms with van der Waals surface area (Å²) in [4.78, 5) is 15.4. The summed E-state index contributed by atoms with van der Waals surface area (Å²) in [6, 6.07) is 3.28. The maximum atomic E-state index is 13.2. The number of hydrogen-bond donors (Lipinski definition) is 2. The Morgan fingerprint density at radius 2 is 1.80 bits per heavy atom. The van der Waals surface area contributed by atoms with Crippen LogP contribution in [0.5, 0.6) is 0 Å². The number of hydrogen-bond acceptors (Lipinski definition) is 3. The number of carbonyl (C=O) groups is 1. The maximum absolute atomic E-state index is 13.2. The summed E-state index contributed by atoms with van der Waals surface area (Å²) in [5.41, 5.74) is 5.47. The van der Waals surface area contributed by atoms with Crippen molar-refractivity contribution in [1.82, 2.24) is 4.98 Å². The molecule has 3 N–H and O–H groups in total. The Balaban J connectivity index is 2.30. The average Bonchev–Trinajstić information content (AvgIpc) is 2.38. The van der Waals surface area contributed by atoms with Gasteiger partial charge in [-0.05, 0) is 18.2 Å². The van der Waals surface area contributed by atoms with Gasteiger partial charge in [0.05, 0.1) is 21.8 Å². The third-order valence-corrected chi connectivity index (χ3v) is 2.92. The fraction of sp³-hybridized carbons (Fsp3) is 0. The van der Waals surface area contributed by atoms with Crippen molar-refractivity contribution in [2.24, 2.45) is 0 Å². The molecule has 8 heteroatoms. The Bertz CT molecular complexity index is 671. The molecule has 0 aliphatic rings. The number of nitrogens with two attached hydrogens (primary N) is 1. The number of carbonyl (C=O) groups excluding carboxylic acids is 1. The van der Waals surface area contributed by atoms with Crippen LogP contribution in [-0.2, 0) is 0 Å². The number of anilines is 2. The number of amides is 1. The molecule has 1 aromatic carbocycles. The molecule has 0 spiro atoms. The number of nitrogens with one attached hydrogen (secondary N) is 1. The quantitative estimate of drug-likeness (QED) is 0.833. The average molecular weight is 318 g/mol. The van der Waals surface area contributed by atoms with E-state index >= 15 is 0 Å². The first kappa shape index (κ1) is 14.5. The van der Waals surface area contributed by atoms with Crippen molar-refractivity contribution in [3.05, 3.63) is 51.6 Å². The van der Waals surface area contributed by atoms with Crippen LogP contribution >= 0.6 is 23.2 Å². The Morgan fingerprint density at radius 1 is 1.20 bits per heavy atom. The van der Waals surface area contributed by atoms with E-state index < -0.39 is 17.5 Å². The minimum atomic E-state index is -0.793. The molecule has 1 aromatic heterocycles. The Kier molecular flexibility index (Phi) is 4.06. The first-order valence-electron chi connectivity index (χ1n) is 5.25. The molecular formula is C12H7Cl2F2N3O. The van der Waals surface area contributed by atoms with E-state index in [0.29, 0.717) is 0 Å². The molecule has 0 radical (unpaired) electrons. The monoisotopic (exact) mass is 317 g/mol. The Hall–Kier alpha value is -1.92. The van der Waals surface area contributed by atoms with Crippen LogP contribution in [0.1, 0.15) is 10.4 Å². The van der Waals surface area contributed by atoms with Crippen LogP contribution in [0.4, 0.5) is 20.3 Å². The van der Waals surface area contributed by atoms with Crippen LogP contribution in [0, 0.1) is 11.6 Å². The molecule has 0 saturated heterocycles. The predicted octanol–water partition coefficient (Wildman–Crippen LogP) is 3.50. The largest absolute Gasteiger partial charge is 0.383 e. The van der Waals surface area contributed by atoms with E-state index in [4.69, 9.17) is 28.9 Å². The lowest BCUT2D eigenvalue weighted by Crippen LogP contribution is -2.15. The molecule has 0 aliphatic heterocycles. The Labute approximate surface area is 122 Å². The highest BCUT2D eigenvalue weighted by Gasteiger charge is 2.14. The molecule has 2 aromatic rings. The third kappa shape index (κ3) is 2.97. The van der Waals surface area contributed by atoms with E-state index in [1.54, 1.807) is 0 Å². The molecule has 0 saturated carbocycles. The molecule has 20 heavy (non-hydrogen) atoms. The van der Waals surface area contributed by atoms with Gasteiger partial charge >= 0.3 is 0 Å². The van der Waals surface area contributed by atoms with Gasteiger partial charge in [-0.1, -0.05) is 23.2 Å². The minimum absolute atomic E-state index is 0.136. The third-order valence-electron chi connectivity index (χ3n) is 2.37. The predicted molar refractivity (Wildman–Crippen MR) is 73.0 cm³/mol. The summed E-state index contributed by atoms with van der Waals surface area (Å²) >= 11 is 11.2. The number of halogens is 4. The van der Waals surface area contributed by atoms with Gasteiger partial charge in [-0.15, -0.1) is 0 Å². The summed E-state index contributed by atoms with van der Waals surface area (Å²) in [6.07, 6.45) is 0.887.